The Morgan fingerprint density at radius 2 is 1.71 bits per heavy atom. The molecule has 150 valence electrons. The van der Waals surface area contributed by atoms with Gasteiger partial charge in [-0.2, -0.15) is 0 Å². The van der Waals surface area contributed by atoms with Crippen molar-refractivity contribution < 1.29 is 19.0 Å². The molecule has 6 heteroatoms. The van der Waals surface area contributed by atoms with E-state index in [0.29, 0.717) is 5.75 Å². The predicted molar refractivity (Wildman–Crippen MR) is 109 cm³/mol. The summed E-state index contributed by atoms with van der Waals surface area (Å²) in [4.78, 5) is 14.8. The molecular formula is C22H28N2O4. The maximum atomic E-state index is 12.4. The van der Waals surface area contributed by atoms with E-state index in [0.717, 1.165) is 50.7 Å². The molecule has 1 amide bonds. The third-order valence-electron chi connectivity index (χ3n) is 4.78. The Morgan fingerprint density at radius 1 is 1.07 bits per heavy atom. The quantitative estimate of drug-likeness (QED) is 0.758. The van der Waals surface area contributed by atoms with E-state index in [1.165, 1.54) is 5.56 Å². The van der Waals surface area contributed by atoms with Crippen molar-refractivity contribution in [2.24, 2.45) is 0 Å². The molecule has 0 spiro atoms. The first-order valence-electron chi connectivity index (χ1n) is 9.64. The second-order valence-corrected chi connectivity index (χ2v) is 6.83. The van der Waals surface area contributed by atoms with E-state index < -0.39 is 6.10 Å². The van der Waals surface area contributed by atoms with Crippen LogP contribution in [-0.4, -0.2) is 56.9 Å². The topological polar surface area (TPSA) is 60.0 Å². The molecule has 0 saturated carbocycles. The number of carbonyl (C=O) groups is 1. The molecule has 1 N–H and O–H groups in total. The Balaban J connectivity index is 1.46. The second kappa shape index (κ2) is 10.1. The summed E-state index contributed by atoms with van der Waals surface area (Å²) in [5.41, 5.74) is 2.03. The number of carbonyl (C=O) groups excluding carboxylic acids is 1. The molecule has 0 bridgehead atoms. The summed E-state index contributed by atoms with van der Waals surface area (Å²) in [6, 6.07) is 15.2. The Bertz CT molecular complexity index is 740. The largest absolute Gasteiger partial charge is 0.497 e. The smallest absolute Gasteiger partial charge is 0.265 e. The number of hydrogen-bond acceptors (Lipinski definition) is 5. The molecule has 0 aliphatic carbocycles. The zero-order chi connectivity index (χ0) is 19.8. The number of hydrogen-bond donors (Lipinski definition) is 1. The van der Waals surface area contributed by atoms with Crippen LogP contribution in [0, 0.1) is 0 Å². The summed E-state index contributed by atoms with van der Waals surface area (Å²) in [5, 5.41) is 2.90. The Kier molecular flexibility index (Phi) is 7.28. The van der Waals surface area contributed by atoms with Gasteiger partial charge in [0.25, 0.3) is 5.91 Å². The molecule has 1 fully saturated rings. The molecule has 0 radical (unpaired) electrons. The van der Waals surface area contributed by atoms with Crippen LogP contribution >= 0.6 is 0 Å². The Labute approximate surface area is 166 Å². The molecule has 0 aromatic heterocycles. The van der Waals surface area contributed by atoms with Crippen LogP contribution in [0.25, 0.3) is 0 Å². The molecule has 1 saturated heterocycles. The third kappa shape index (κ3) is 5.97. The van der Waals surface area contributed by atoms with Gasteiger partial charge >= 0.3 is 0 Å². The highest BCUT2D eigenvalue weighted by Gasteiger charge is 2.15. The zero-order valence-electron chi connectivity index (χ0n) is 16.5. The van der Waals surface area contributed by atoms with Gasteiger partial charge in [-0.1, -0.05) is 12.1 Å². The minimum atomic E-state index is -0.602. The van der Waals surface area contributed by atoms with Gasteiger partial charge in [-0.05, 0) is 55.3 Å². The van der Waals surface area contributed by atoms with Gasteiger partial charge in [0.15, 0.2) is 6.10 Å². The van der Waals surface area contributed by atoms with Crippen molar-refractivity contribution in [3.8, 4) is 11.5 Å². The third-order valence-corrected chi connectivity index (χ3v) is 4.78. The molecule has 1 unspecified atom stereocenters. The summed E-state index contributed by atoms with van der Waals surface area (Å²) < 4.78 is 16.2. The highest BCUT2D eigenvalue weighted by atomic mass is 16.5. The maximum absolute atomic E-state index is 12.4. The fraction of sp³-hybridized carbons (Fsp3) is 0.409. The average Bonchev–Trinajstić information content (AvgIpc) is 2.74. The van der Waals surface area contributed by atoms with Gasteiger partial charge in [-0.15, -0.1) is 0 Å². The number of amides is 1. The van der Waals surface area contributed by atoms with Crippen LogP contribution in [0.15, 0.2) is 48.5 Å². The van der Waals surface area contributed by atoms with Crippen LogP contribution in [-0.2, 0) is 16.0 Å². The average molecular weight is 384 g/mol. The van der Waals surface area contributed by atoms with E-state index in [2.05, 4.69) is 22.3 Å². The van der Waals surface area contributed by atoms with Crippen molar-refractivity contribution in [1.29, 1.82) is 0 Å². The number of benzene rings is 2. The van der Waals surface area contributed by atoms with Gasteiger partial charge < -0.3 is 19.5 Å². The van der Waals surface area contributed by atoms with Crippen molar-refractivity contribution >= 4 is 11.6 Å². The first-order valence-corrected chi connectivity index (χ1v) is 9.64. The van der Waals surface area contributed by atoms with Crippen molar-refractivity contribution in [2.75, 3.05) is 45.3 Å². The van der Waals surface area contributed by atoms with E-state index in [4.69, 9.17) is 14.2 Å². The number of rotatable bonds is 8. The van der Waals surface area contributed by atoms with Gasteiger partial charge in [0, 0.05) is 25.3 Å². The zero-order valence-corrected chi connectivity index (χ0v) is 16.5. The predicted octanol–water partition coefficient (Wildman–Crippen LogP) is 2.98. The summed E-state index contributed by atoms with van der Waals surface area (Å²) in [5.74, 6) is 1.19. The highest BCUT2D eigenvalue weighted by molar-refractivity contribution is 5.94. The lowest BCUT2D eigenvalue weighted by Gasteiger charge is -2.26. The van der Waals surface area contributed by atoms with Crippen LogP contribution in [0.5, 0.6) is 11.5 Å². The number of anilines is 1. The molecule has 28 heavy (non-hydrogen) atoms. The normalized spacial score (nSPS) is 15.6. The minimum absolute atomic E-state index is 0.183. The van der Waals surface area contributed by atoms with E-state index in [1.54, 1.807) is 38.3 Å². The van der Waals surface area contributed by atoms with Crippen LogP contribution in [0.4, 0.5) is 5.69 Å². The second-order valence-electron chi connectivity index (χ2n) is 6.83. The van der Waals surface area contributed by atoms with Crippen LogP contribution in [0.3, 0.4) is 0 Å². The Hall–Kier alpha value is -2.57. The summed E-state index contributed by atoms with van der Waals surface area (Å²) in [7, 11) is 1.61. The maximum Gasteiger partial charge on any atom is 0.265 e. The van der Waals surface area contributed by atoms with Crippen molar-refractivity contribution in [2.45, 2.75) is 19.4 Å². The van der Waals surface area contributed by atoms with Gasteiger partial charge in [0.05, 0.1) is 20.3 Å². The number of nitrogens with zero attached hydrogens (tertiary/aromatic N) is 1. The van der Waals surface area contributed by atoms with Crippen LogP contribution in [0.2, 0.25) is 0 Å². The van der Waals surface area contributed by atoms with Gasteiger partial charge in [-0.3, -0.25) is 9.69 Å². The first kappa shape index (κ1) is 20.2. The molecular weight excluding hydrogens is 356 g/mol. The lowest BCUT2D eigenvalue weighted by Crippen LogP contribution is -2.37. The summed E-state index contributed by atoms with van der Waals surface area (Å²) in [6.45, 7) is 6.40. The van der Waals surface area contributed by atoms with E-state index >= 15 is 0 Å². The number of nitrogens with one attached hydrogen (secondary N) is 1. The molecule has 1 atom stereocenters. The highest BCUT2D eigenvalue weighted by Crippen LogP contribution is 2.19. The van der Waals surface area contributed by atoms with Crippen LogP contribution < -0.4 is 14.8 Å². The fourth-order valence-corrected chi connectivity index (χ4v) is 3.02. The van der Waals surface area contributed by atoms with E-state index in [9.17, 15) is 4.79 Å². The lowest BCUT2D eigenvalue weighted by atomic mass is 10.1. The molecule has 2 aromatic carbocycles. The summed E-state index contributed by atoms with van der Waals surface area (Å²) in [6.07, 6.45) is 0.389. The first-order chi connectivity index (χ1) is 13.6. The molecule has 3 rings (SSSR count). The number of methoxy groups -OCH3 is 1. The number of morpholine rings is 1. The van der Waals surface area contributed by atoms with Gasteiger partial charge in [0.2, 0.25) is 0 Å². The van der Waals surface area contributed by atoms with E-state index in [-0.39, 0.29) is 5.91 Å². The molecule has 1 aliphatic heterocycles. The summed E-state index contributed by atoms with van der Waals surface area (Å²) >= 11 is 0. The van der Waals surface area contributed by atoms with Crippen molar-refractivity contribution in [3.63, 3.8) is 0 Å². The minimum Gasteiger partial charge on any atom is -0.497 e. The van der Waals surface area contributed by atoms with Gasteiger partial charge in [-0.25, -0.2) is 0 Å². The van der Waals surface area contributed by atoms with Gasteiger partial charge in [0.1, 0.15) is 11.5 Å². The Morgan fingerprint density at radius 3 is 2.36 bits per heavy atom. The van der Waals surface area contributed by atoms with Crippen molar-refractivity contribution in [3.05, 3.63) is 54.1 Å². The van der Waals surface area contributed by atoms with Crippen LogP contribution in [0.1, 0.15) is 12.5 Å². The molecule has 1 aliphatic rings. The standard InChI is InChI=1S/C22H28N2O4/c1-17(28-21-9-7-20(26-2)8-10-21)22(25)23-19-5-3-18(4-6-19)11-12-24-13-15-27-16-14-24/h3-10,17H,11-16H2,1-2H3,(H,23,25). The SMILES string of the molecule is COc1ccc(OC(C)C(=O)Nc2ccc(CCN3CCOCC3)cc2)cc1. The van der Waals surface area contributed by atoms with E-state index in [1.807, 2.05) is 12.1 Å². The van der Waals surface area contributed by atoms with Crippen molar-refractivity contribution in [1.82, 2.24) is 4.90 Å². The fourth-order valence-electron chi connectivity index (χ4n) is 3.02. The lowest BCUT2D eigenvalue weighted by molar-refractivity contribution is -0.122. The molecule has 1 heterocycles. The number of ether oxygens (including phenoxy) is 3. The molecule has 2 aromatic rings. The monoisotopic (exact) mass is 384 g/mol. The molecule has 6 nitrogen and oxygen atoms in total.